The first kappa shape index (κ1) is 18.3. The second-order valence-corrected chi connectivity index (χ2v) is 6.84. The first-order chi connectivity index (χ1) is 13.5. The average molecular weight is 382 g/mol. The van der Waals surface area contributed by atoms with E-state index in [2.05, 4.69) is 9.97 Å². The Morgan fingerprint density at radius 1 is 1.14 bits per heavy atom. The van der Waals surface area contributed by atoms with Crippen molar-refractivity contribution in [3.63, 3.8) is 0 Å². The minimum atomic E-state index is -0.263. The summed E-state index contributed by atoms with van der Waals surface area (Å²) in [5.41, 5.74) is 3.01. The van der Waals surface area contributed by atoms with E-state index in [1.807, 2.05) is 26.0 Å². The van der Waals surface area contributed by atoms with Gasteiger partial charge in [-0.2, -0.15) is 0 Å². The van der Waals surface area contributed by atoms with Gasteiger partial charge in [-0.25, -0.2) is 4.98 Å². The van der Waals surface area contributed by atoms with Crippen LogP contribution < -0.4 is 19.8 Å². The van der Waals surface area contributed by atoms with Crippen LogP contribution in [0.4, 0.5) is 0 Å². The van der Waals surface area contributed by atoms with E-state index in [-0.39, 0.29) is 11.7 Å². The van der Waals surface area contributed by atoms with Crippen molar-refractivity contribution in [3.05, 3.63) is 45.7 Å². The molecule has 0 amide bonds. The number of epoxide rings is 1. The number of nitrogens with zero attached hydrogens (tertiary/aromatic N) is 1. The van der Waals surface area contributed by atoms with Gasteiger partial charge in [-0.3, -0.25) is 4.79 Å². The lowest BCUT2D eigenvalue weighted by molar-refractivity contribution is 0.260. The number of ether oxygens (including phenoxy) is 4. The van der Waals surface area contributed by atoms with Gasteiger partial charge in [0, 0.05) is 17.7 Å². The van der Waals surface area contributed by atoms with E-state index < -0.39 is 0 Å². The Labute approximate surface area is 162 Å². The van der Waals surface area contributed by atoms with E-state index in [0.29, 0.717) is 34.8 Å². The van der Waals surface area contributed by atoms with Crippen LogP contribution in [0.2, 0.25) is 0 Å². The van der Waals surface area contributed by atoms with Gasteiger partial charge in [0.25, 0.3) is 5.56 Å². The van der Waals surface area contributed by atoms with E-state index in [0.717, 1.165) is 29.0 Å². The Morgan fingerprint density at radius 3 is 2.46 bits per heavy atom. The fourth-order valence-corrected chi connectivity index (χ4v) is 3.28. The van der Waals surface area contributed by atoms with Gasteiger partial charge in [-0.05, 0) is 37.1 Å². The molecule has 146 valence electrons. The van der Waals surface area contributed by atoms with Crippen LogP contribution in [0.3, 0.4) is 0 Å². The Bertz CT molecular complexity index is 1080. The third-order valence-electron chi connectivity index (χ3n) is 4.75. The standard InChI is InChI=1S/C21H22N2O5/c1-11-5-13(6-12(2)19(11)28-10-15-9-27-15)20-22-16-7-14(25-3)8-17(26-4)18(16)21(24)23-20/h5-8,15H,9-10H2,1-4H3,(H,22,23,24)/t15-/m0/s1. The minimum Gasteiger partial charge on any atom is -0.497 e. The normalized spacial score (nSPS) is 15.5. The molecule has 0 bridgehead atoms. The molecule has 0 unspecified atom stereocenters. The van der Waals surface area contributed by atoms with Gasteiger partial charge >= 0.3 is 0 Å². The largest absolute Gasteiger partial charge is 0.497 e. The SMILES string of the molecule is COc1cc(OC)c2c(=O)[nH]c(-c3cc(C)c(OC[C@@H]4CO4)c(C)c3)nc2c1. The molecular formula is C21H22N2O5. The minimum absolute atomic E-state index is 0.196. The van der Waals surface area contributed by atoms with Crippen LogP contribution in [0.15, 0.2) is 29.1 Å². The first-order valence-corrected chi connectivity index (χ1v) is 9.02. The van der Waals surface area contributed by atoms with Crippen molar-refractivity contribution < 1.29 is 18.9 Å². The molecule has 0 spiro atoms. The summed E-state index contributed by atoms with van der Waals surface area (Å²) in [6.07, 6.45) is 0.196. The number of benzene rings is 2. The number of fused-ring (bicyclic) bond motifs is 1. The van der Waals surface area contributed by atoms with Gasteiger partial charge in [0.1, 0.15) is 41.2 Å². The molecule has 0 radical (unpaired) electrons. The zero-order valence-electron chi connectivity index (χ0n) is 16.3. The quantitative estimate of drug-likeness (QED) is 0.660. The zero-order valence-corrected chi connectivity index (χ0v) is 16.3. The van der Waals surface area contributed by atoms with Crippen molar-refractivity contribution in [3.8, 4) is 28.6 Å². The summed E-state index contributed by atoms with van der Waals surface area (Å²) in [5.74, 6) is 2.32. The number of hydrogen-bond acceptors (Lipinski definition) is 6. The van der Waals surface area contributed by atoms with Gasteiger partial charge < -0.3 is 23.9 Å². The van der Waals surface area contributed by atoms with E-state index in [1.165, 1.54) is 7.11 Å². The zero-order chi connectivity index (χ0) is 19.8. The summed E-state index contributed by atoms with van der Waals surface area (Å²) in [4.78, 5) is 20.2. The Hall–Kier alpha value is -3.06. The van der Waals surface area contributed by atoms with Crippen LogP contribution in [0.25, 0.3) is 22.3 Å². The predicted molar refractivity (Wildman–Crippen MR) is 106 cm³/mol. The van der Waals surface area contributed by atoms with Crippen LogP contribution >= 0.6 is 0 Å². The molecule has 7 nitrogen and oxygen atoms in total. The van der Waals surface area contributed by atoms with Gasteiger partial charge in [-0.15, -0.1) is 0 Å². The number of aromatic amines is 1. The number of aromatic nitrogens is 2. The molecule has 1 aliphatic rings. The number of rotatable bonds is 6. The van der Waals surface area contributed by atoms with Gasteiger partial charge in [0.2, 0.25) is 0 Å². The van der Waals surface area contributed by atoms with Crippen molar-refractivity contribution in [2.24, 2.45) is 0 Å². The molecule has 7 heteroatoms. The van der Waals surface area contributed by atoms with Crippen LogP contribution in [-0.2, 0) is 4.74 Å². The summed E-state index contributed by atoms with van der Waals surface area (Å²) in [7, 11) is 3.08. The summed E-state index contributed by atoms with van der Waals surface area (Å²) < 4.78 is 21.7. The van der Waals surface area contributed by atoms with Gasteiger partial charge in [0.15, 0.2) is 0 Å². The maximum absolute atomic E-state index is 12.7. The van der Waals surface area contributed by atoms with Crippen molar-refractivity contribution in [2.75, 3.05) is 27.4 Å². The molecule has 4 rings (SSSR count). The highest BCUT2D eigenvalue weighted by Crippen LogP contribution is 2.32. The van der Waals surface area contributed by atoms with Crippen molar-refractivity contribution >= 4 is 10.9 Å². The van der Waals surface area contributed by atoms with Crippen molar-refractivity contribution in [1.82, 2.24) is 9.97 Å². The molecular weight excluding hydrogens is 360 g/mol. The maximum Gasteiger partial charge on any atom is 0.262 e. The molecule has 1 aromatic heterocycles. The monoisotopic (exact) mass is 382 g/mol. The maximum atomic E-state index is 12.7. The second-order valence-electron chi connectivity index (χ2n) is 6.84. The van der Waals surface area contributed by atoms with E-state index in [1.54, 1.807) is 19.2 Å². The molecule has 0 saturated carbocycles. The van der Waals surface area contributed by atoms with E-state index in [4.69, 9.17) is 18.9 Å². The Morgan fingerprint density at radius 2 is 1.86 bits per heavy atom. The van der Waals surface area contributed by atoms with E-state index >= 15 is 0 Å². The smallest absolute Gasteiger partial charge is 0.262 e. The first-order valence-electron chi connectivity index (χ1n) is 9.02. The summed E-state index contributed by atoms with van der Waals surface area (Å²) in [6.45, 7) is 5.26. The molecule has 1 N–H and O–H groups in total. The highest BCUT2D eigenvalue weighted by Gasteiger charge is 2.24. The third-order valence-corrected chi connectivity index (χ3v) is 4.75. The molecule has 1 saturated heterocycles. The lowest BCUT2D eigenvalue weighted by atomic mass is 10.0. The number of hydrogen-bond donors (Lipinski definition) is 1. The van der Waals surface area contributed by atoms with Crippen LogP contribution in [0.5, 0.6) is 17.2 Å². The van der Waals surface area contributed by atoms with Crippen LogP contribution in [-0.4, -0.2) is 43.5 Å². The lowest BCUT2D eigenvalue weighted by Crippen LogP contribution is -2.11. The van der Waals surface area contributed by atoms with Gasteiger partial charge in [0.05, 0.1) is 26.3 Å². The Kier molecular flexibility index (Phi) is 4.68. The average Bonchev–Trinajstić information content (AvgIpc) is 3.50. The number of H-pyrrole nitrogens is 1. The molecule has 3 aromatic rings. The van der Waals surface area contributed by atoms with Crippen molar-refractivity contribution in [2.45, 2.75) is 20.0 Å². The topological polar surface area (TPSA) is 86.0 Å². The number of aryl methyl sites for hydroxylation is 2. The predicted octanol–water partition coefficient (Wildman–Crippen LogP) is 3.00. The third kappa shape index (κ3) is 3.41. The second kappa shape index (κ2) is 7.16. The summed E-state index contributed by atoms with van der Waals surface area (Å²) in [5, 5.41) is 0.393. The number of methoxy groups -OCH3 is 2. The molecule has 2 aromatic carbocycles. The Balaban J connectivity index is 1.79. The molecule has 1 fully saturated rings. The lowest BCUT2D eigenvalue weighted by Gasteiger charge is -2.14. The van der Waals surface area contributed by atoms with Crippen LogP contribution in [0, 0.1) is 13.8 Å². The fourth-order valence-electron chi connectivity index (χ4n) is 3.28. The summed E-state index contributed by atoms with van der Waals surface area (Å²) in [6, 6.07) is 7.31. The molecule has 2 heterocycles. The molecule has 0 aliphatic carbocycles. The van der Waals surface area contributed by atoms with Crippen molar-refractivity contribution in [1.29, 1.82) is 0 Å². The highest BCUT2D eigenvalue weighted by molar-refractivity contribution is 5.87. The molecule has 1 aliphatic heterocycles. The van der Waals surface area contributed by atoms with Gasteiger partial charge in [-0.1, -0.05) is 0 Å². The van der Waals surface area contributed by atoms with Crippen LogP contribution in [0.1, 0.15) is 11.1 Å². The summed E-state index contributed by atoms with van der Waals surface area (Å²) >= 11 is 0. The molecule has 28 heavy (non-hydrogen) atoms. The number of nitrogens with one attached hydrogen (secondary N) is 1. The highest BCUT2D eigenvalue weighted by atomic mass is 16.6. The molecule has 1 atom stereocenters. The van der Waals surface area contributed by atoms with E-state index in [9.17, 15) is 4.79 Å². The fraction of sp³-hybridized carbons (Fsp3) is 0.333.